The Morgan fingerprint density at radius 3 is 2.58 bits per heavy atom. The molecule has 3 heterocycles. The van der Waals surface area contributed by atoms with Crippen molar-refractivity contribution in [2.45, 2.75) is 25.3 Å². The van der Waals surface area contributed by atoms with Crippen molar-refractivity contribution < 1.29 is 9.26 Å². The van der Waals surface area contributed by atoms with Gasteiger partial charge in [-0.05, 0) is 61.6 Å². The van der Waals surface area contributed by atoms with Crippen LogP contribution in [0.4, 0.5) is 5.82 Å². The predicted octanol–water partition coefficient (Wildman–Crippen LogP) is 3.80. The first-order valence-electron chi connectivity index (χ1n) is 9.01. The van der Waals surface area contributed by atoms with Gasteiger partial charge in [0.25, 0.3) is 5.89 Å². The van der Waals surface area contributed by atoms with Crippen LogP contribution in [-0.4, -0.2) is 34.8 Å². The molecule has 1 saturated carbocycles. The molecule has 0 spiro atoms. The van der Waals surface area contributed by atoms with E-state index in [9.17, 15) is 0 Å². The molecule has 0 radical (unpaired) electrons. The zero-order chi connectivity index (χ0) is 17.5. The fourth-order valence-electron chi connectivity index (χ4n) is 4.09. The molecule has 2 atom stereocenters. The van der Waals surface area contributed by atoms with Crippen LogP contribution in [0.1, 0.15) is 19.3 Å². The van der Waals surface area contributed by atoms with Gasteiger partial charge in [0.15, 0.2) is 0 Å². The quantitative estimate of drug-likeness (QED) is 0.715. The largest absolute Gasteiger partial charge is 0.497 e. The lowest BCUT2D eigenvalue weighted by Gasteiger charge is -2.27. The third kappa shape index (κ3) is 2.62. The summed E-state index contributed by atoms with van der Waals surface area (Å²) in [6.07, 6.45) is 5.81. The third-order valence-corrected chi connectivity index (χ3v) is 5.47. The monoisotopic (exact) mass is 348 g/mol. The SMILES string of the molecule is COc1ccc(-c2noc(-c3ccc(N4C[C@H]5CC[C@H]4C5)nc3)n2)cc1. The lowest BCUT2D eigenvalue weighted by atomic mass is 10.1. The summed E-state index contributed by atoms with van der Waals surface area (Å²) in [5.74, 6) is 3.74. The van der Waals surface area contributed by atoms with Crippen LogP contribution < -0.4 is 9.64 Å². The first kappa shape index (κ1) is 15.4. The summed E-state index contributed by atoms with van der Waals surface area (Å²) in [6.45, 7) is 1.14. The first-order chi connectivity index (χ1) is 12.8. The Hall–Kier alpha value is -2.89. The fourth-order valence-corrected chi connectivity index (χ4v) is 4.09. The molecule has 2 aliphatic rings. The molecule has 2 aromatic heterocycles. The van der Waals surface area contributed by atoms with Gasteiger partial charge < -0.3 is 14.2 Å². The summed E-state index contributed by atoms with van der Waals surface area (Å²) in [5.41, 5.74) is 1.73. The van der Waals surface area contributed by atoms with Gasteiger partial charge in [-0.2, -0.15) is 4.98 Å². The molecule has 0 unspecified atom stereocenters. The summed E-state index contributed by atoms with van der Waals surface area (Å²) < 4.78 is 10.6. The second-order valence-corrected chi connectivity index (χ2v) is 7.04. The Morgan fingerprint density at radius 2 is 1.92 bits per heavy atom. The van der Waals surface area contributed by atoms with Crippen molar-refractivity contribution >= 4 is 5.82 Å². The molecule has 1 aliphatic carbocycles. The van der Waals surface area contributed by atoms with E-state index in [-0.39, 0.29) is 0 Å². The lowest BCUT2D eigenvalue weighted by Crippen LogP contribution is -2.32. The first-order valence-corrected chi connectivity index (χ1v) is 9.01. The number of fused-ring (bicyclic) bond motifs is 2. The molecule has 3 aromatic rings. The topological polar surface area (TPSA) is 64.3 Å². The van der Waals surface area contributed by atoms with E-state index in [0.29, 0.717) is 17.8 Å². The molecule has 1 aliphatic heterocycles. The number of methoxy groups -OCH3 is 1. The minimum atomic E-state index is 0.484. The number of ether oxygens (including phenoxy) is 1. The van der Waals surface area contributed by atoms with E-state index in [2.05, 4.69) is 26.1 Å². The molecule has 0 amide bonds. The summed E-state index contributed by atoms with van der Waals surface area (Å²) in [6, 6.07) is 12.3. The van der Waals surface area contributed by atoms with Crippen molar-refractivity contribution in [1.29, 1.82) is 0 Å². The van der Waals surface area contributed by atoms with E-state index in [0.717, 1.165) is 35.2 Å². The Bertz CT molecular complexity index is 904. The van der Waals surface area contributed by atoms with Crippen LogP contribution in [-0.2, 0) is 0 Å². The number of aromatic nitrogens is 3. The standard InChI is InChI=1S/C20H20N4O2/c1-25-17-7-3-14(4-8-17)19-22-20(26-23-19)15-5-9-18(21-11-15)24-12-13-2-6-16(24)10-13/h3-5,7-9,11,13,16H,2,6,10,12H2,1H3/t13-,16-/m0/s1. The van der Waals surface area contributed by atoms with Gasteiger partial charge in [-0.25, -0.2) is 4.98 Å². The van der Waals surface area contributed by atoms with Gasteiger partial charge in [-0.3, -0.25) is 0 Å². The molecule has 5 rings (SSSR count). The zero-order valence-electron chi connectivity index (χ0n) is 14.6. The molecule has 26 heavy (non-hydrogen) atoms. The smallest absolute Gasteiger partial charge is 0.259 e. The van der Waals surface area contributed by atoms with Crippen LogP contribution >= 0.6 is 0 Å². The molecule has 1 aromatic carbocycles. The summed E-state index contributed by atoms with van der Waals surface area (Å²) in [7, 11) is 1.64. The Balaban J connectivity index is 1.36. The van der Waals surface area contributed by atoms with Gasteiger partial charge in [0.1, 0.15) is 11.6 Å². The number of rotatable bonds is 4. The molecule has 2 bridgehead atoms. The maximum Gasteiger partial charge on any atom is 0.259 e. The highest BCUT2D eigenvalue weighted by Crippen LogP contribution is 2.39. The van der Waals surface area contributed by atoms with Gasteiger partial charge in [0.2, 0.25) is 5.82 Å². The third-order valence-electron chi connectivity index (χ3n) is 5.47. The number of piperidine rings is 1. The van der Waals surface area contributed by atoms with Crippen LogP contribution in [0.2, 0.25) is 0 Å². The Labute approximate surface area is 151 Å². The second-order valence-electron chi connectivity index (χ2n) is 7.04. The number of hydrogen-bond acceptors (Lipinski definition) is 6. The molecule has 0 N–H and O–H groups in total. The summed E-state index contributed by atoms with van der Waals surface area (Å²) >= 11 is 0. The average Bonchev–Trinajstić information content (AvgIpc) is 3.45. The highest BCUT2D eigenvalue weighted by atomic mass is 16.5. The number of hydrogen-bond donors (Lipinski definition) is 0. The van der Waals surface area contributed by atoms with Gasteiger partial charge >= 0.3 is 0 Å². The highest BCUT2D eigenvalue weighted by molar-refractivity contribution is 5.61. The lowest BCUT2D eigenvalue weighted by molar-refractivity contribution is 0.415. The second kappa shape index (κ2) is 6.12. The summed E-state index contributed by atoms with van der Waals surface area (Å²) in [4.78, 5) is 11.6. The molecular formula is C20H20N4O2. The van der Waals surface area contributed by atoms with Gasteiger partial charge in [0.05, 0.1) is 12.7 Å². The molecule has 2 fully saturated rings. The summed E-state index contributed by atoms with van der Waals surface area (Å²) in [5, 5.41) is 4.08. The maximum atomic E-state index is 5.43. The van der Waals surface area contributed by atoms with Gasteiger partial charge in [0, 0.05) is 24.3 Å². The normalized spacial score (nSPS) is 21.3. The zero-order valence-corrected chi connectivity index (χ0v) is 14.6. The molecule has 1 saturated heterocycles. The van der Waals surface area contributed by atoms with Crippen LogP contribution in [0, 0.1) is 5.92 Å². The predicted molar refractivity (Wildman–Crippen MR) is 98.0 cm³/mol. The van der Waals surface area contributed by atoms with Gasteiger partial charge in [-0.1, -0.05) is 5.16 Å². The molecule has 6 nitrogen and oxygen atoms in total. The van der Waals surface area contributed by atoms with Crippen molar-refractivity contribution in [2.24, 2.45) is 5.92 Å². The number of pyridine rings is 1. The van der Waals surface area contributed by atoms with Crippen LogP contribution in [0.25, 0.3) is 22.8 Å². The minimum Gasteiger partial charge on any atom is -0.497 e. The fraction of sp³-hybridized carbons (Fsp3) is 0.350. The van der Waals surface area contributed by atoms with Crippen molar-refractivity contribution in [2.75, 3.05) is 18.6 Å². The molecule has 6 heteroatoms. The number of nitrogens with zero attached hydrogens (tertiary/aromatic N) is 4. The van der Waals surface area contributed by atoms with E-state index >= 15 is 0 Å². The van der Waals surface area contributed by atoms with Crippen LogP contribution in [0.3, 0.4) is 0 Å². The Morgan fingerprint density at radius 1 is 1.08 bits per heavy atom. The molecular weight excluding hydrogens is 328 g/mol. The number of benzene rings is 1. The maximum absolute atomic E-state index is 5.43. The Kier molecular flexibility index (Phi) is 3.62. The van der Waals surface area contributed by atoms with E-state index in [4.69, 9.17) is 9.26 Å². The van der Waals surface area contributed by atoms with Crippen LogP contribution in [0.5, 0.6) is 5.75 Å². The van der Waals surface area contributed by atoms with E-state index in [1.807, 2.05) is 36.5 Å². The van der Waals surface area contributed by atoms with Crippen molar-refractivity contribution in [1.82, 2.24) is 15.1 Å². The van der Waals surface area contributed by atoms with Crippen molar-refractivity contribution in [3.8, 4) is 28.6 Å². The van der Waals surface area contributed by atoms with Crippen molar-refractivity contribution in [3.05, 3.63) is 42.6 Å². The van der Waals surface area contributed by atoms with E-state index < -0.39 is 0 Å². The highest BCUT2D eigenvalue weighted by Gasteiger charge is 2.38. The van der Waals surface area contributed by atoms with Crippen LogP contribution in [0.15, 0.2) is 47.1 Å². The number of anilines is 1. The minimum absolute atomic E-state index is 0.484. The average molecular weight is 348 g/mol. The van der Waals surface area contributed by atoms with Gasteiger partial charge in [-0.15, -0.1) is 0 Å². The van der Waals surface area contributed by atoms with E-state index in [1.165, 1.54) is 19.3 Å². The molecule has 132 valence electrons. The van der Waals surface area contributed by atoms with Crippen molar-refractivity contribution in [3.63, 3.8) is 0 Å². The van der Waals surface area contributed by atoms with E-state index in [1.54, 1.807) is 7.11 Å².